The van der Waals surface area contributed by atoms with Crippen LogP contribution in [-0.4, -0.2) is 73.0 Å². The first-order valence-corrected chi connectivity index (χ1v) is 10.2. The largest absolute Gasteiger partial charge is 0.454 e. The number of methoxy groups -OCH3 is 1. The molecule has 1 fully saturated rings. The molecule has 3 heterocycles. The normalized spacial score (nSPS) is 15.8. The van der Waals surface area contributed by atoms with Gasteiger partial charge in [0.25, 0.3) is 0 Å². The third-order valence-electron chi connectivity index (χ3n) is 5.32. The van der Waals surface area contributed by atoms with Crippen LogP contribution in [0.2, 0.25) is 0 Å². The van der Waals surface area contributed by atoms with E-state index in [1.807, 2.05) is 23.1 Å². The monoisotopic (exact) mass is 430 g/mol. The van der Waals surface area contributed by atoms with Crippen molar-refractivity contribution in [3.05, 3.63) is 40.2 Å². The van der Waals surface area contributed by atoms with Gasteiger partial charge in [0.1, 0.15) is 6.33 Å². The Balaban J connectivity index is 1.39. The molecule has 2 aromatic rings. The summed E-state index contributed by atoms with van der Waals surface area (Å²) in [4.78, 5) is 24.0. The first-order valence-electron chi connectivity index (χ1n) is 10.2. The van der Waals surface area contributed by atoms with E-state index < -0.39 is 4.92 Å². The maximum atomic E-state index is 11.8. The van der Waals surface area contributed by atoms with Crippen molar-refractivity contribution in [1.82, 2.24) is 14.9 Å². The molecule has 4 rings (SSSR count). The molecule has 2 aliphatic heterocycles. The highest BCUT2D eigenvalue weighted by molar-refractivity contribution is 5.70. The molecule has 0 bridgehead atoms. The lowest BCUT2D eigenvalue weighted by molar-refractivity contribution is -0.383. The van der Waals surface area contributed by atoms with Gasteiger partial charge in [-0.1, -0.05) is 6.07 Å². The summed E-state index contributed by atoms with van der Waals surface area (Å²) in [5, 5.41) is 14.8. The topological polar surface area (TPSA) is 115 Å². The van der Waals surface area contributed by atoms with Crippen LogP contribution in [0.1, 0.15) is 12.0 Å². The fraction of sp³-hybridized carbons (Fsp3) is 0.500. The van der Waals surface area contributed by atoms with E-state index in [9.17, 15) is 10.1 Å². The average molecular weight is 430 g/mol. The van der Waals surface area contributed by atoms with Gasteiger partial charge in [-0.25, -0.2) is 9.97 Å². The third kappa shape index (κ3) is 4.94. The molecule has 0 amide bonds. The number of ether oxygens (including phenoxy) is 3. The summed E-state index contributed by atoms with van der Waals surface area (Å²) in [6.07, 6.45) is 2.10. The second kappa shape index (κ2) is 9.75. The van der Waals surface area contributed by atoms with E-state index in [4.69, 9.17) is 14.2 Å². The van der Waals surface area contributed by atoms with Crippen LogP contribution in [0.5, 0.6) is 11.5 Å². The van der Waals surface area contributed by atoms with Crippen LogP contribution in [-0.2, 0) is 11.3 Å². The summed E-state index contributed by atoms with van der Waals surface area (Å²) in [7, 11) is 1.62. The van der Waals surface area contributed by atoms with Gasteiger partial charge in [0.05, 0.1) is 4.92 Å². The Bertz CT molecular complexity index is 919. The lowest BCUT2D eigenvalue weighted by atomic mass is 10.1. The minimum Gasteiger partial charge on any atom is -0.454 e. The minimum absolute atomic E-state index is 0.0795. The molecule has 0 radical (unpaired) electrons. The summed E-state index contributed by atoms with van der Waals surface area (Å²) in [5.74, 6) is 2.15. The van der Waals surface area contributed by atoms with Gasteiger partial charge in [-0.15, -0.1) is 0 Å². The molecule has 0 saturated carbocycles. The van der Waals surface area contributed by atoms with E-state index in [1.165, 1.54) is 6.33 Å². The maximum absolute atomic E-state index is 11.8. The number of anilines is 2. The van der Waals surface area contributed by atoms with Crippen LogP contribution in [0.25, 0.3) is 0 Å². The Morgan fingerprint density at radius 3 is 2.77 bits per heavy atom. The number of aromatic nitrogens is 2. The maximum Gasteiger partial charge on any atom is 0.353 e. The van der Waals surface area contributed by atoms with Crippen molar-refractivity contribution in [2.45, 2.75) is 13.0 Å². The van der Waals surface area contributed by atoms with Crippen molar-refractivity contribution in [2.24, 2.45) is 0 Å². The van der Waals surface area contributed by atoms with Crippen LogP contribution in [0.4, 0.5) is 17.3 Å². The molecular weight excluding hydrogens is 404 g/mol. The Morgan fingerprint density at radius 2 is 2.00 bits per heavy atom. The molecule has 11 nitrogen and oxygen atoms in total. The summed E-state index contributed by atoms with van der Waals surface area (Å²) < 4.78 is 15.8. The second-order valence-corrected chi connectivity index (χ2v) is 7.38. The van der Waals surface area contributed by atoms with Crippen LogP contribution in [0.15, 0.2) is 24.5 Å². The molecule has 1 N–H and O–H groups in total. The predicted molar refractivity (Wildman–Crippen MR) is 114 cm³/mol. The van der Waals surface area contributed by atoms with E-state index in [2.05, 4.69) is 20.2 Å². The number of nitro groups is 1. The Hall–Kier alpha value is -3.18. The second-order valence-electron chi connectivity index (χ2n) is 7.38. The quantitative estimate of drug-likeness (QED) is 0.359. The van der Waals surface area contributed by atoms with Gasteiger partial charge in [0.15, 0.2) is 11.5 Å². The van der Waals surface area contributed by atoms with Crippen molar-refractivity contribution in [2.75, 3.05) is 63.5 Å². The van der Waals surface area contributed by atoms with E-state index in [-0.39, 0.29) is 18.3 Å². The highest BCUT2D eigenvalue weighted by atomic mass is 16.7. The number of rotatable bonds is 9. The van der Waals surface area contributed by atoms with Crippen molar-refractivity contribution >= 4 is 17.3 Å². The van der Waals surface area contributed by atoms with Gasteiger partial charge >= 0.3 is 5.69 Å². The fourth-order valence-electron chi connectivity index (χ4n) is 3.74. The molecule has 31 heavy (non-hydrogen) atoms. The van der Waals surface area contributed by atoms with Crippen LogP contribution in [0, 0.1) is 10.1 Å². The standard InChI is InChI=1S/C20H26N6O5/c1-29-10-2-5-21-19-18(26(27)28)20(23-13-22-19)25-8-6-24(7-9-25)12-15-3-4-16-17(11-15)31-14-30-16/h3-4,11,13H,2,5-10,12,14H2,1H3,(H,21,22,23). The molecule has 0 unspecified atom stereocenters. The van der Waals surface area contributed by atoms with Gasteiger partial charge in [-0.05, 0) is 24.1 Å². The van der Waals surface area contributed by atoms with Gasteiger partial charge in [0.2, 0.25) is 18.4 Å². The molecule has 0 atom stereocenters. The molecule has 1 saturated heterocycles. The predicted octanol–water partition coefficient (Wildman–Crippen LogP) is 1.88. The Labute approximate surface area is 180 Å². The van der Waals surface area contributed by atoms with Crippen molar-refractivity contribution < 1.29 is 19.1 Å². The lowest BCUT2D eigenvalue weighted by Crippen LogP contribution is -2.46. The summed E-state index contributed by atoms with van der Waals surface area (Å²) in [6, 6.07) is 5.97. The van der Waals surface area contributed by atoms with Crippen LogP contribution >= 0.6 is 0 Å². The Morgan fingerprint density at radius 1 is 1.19 bits per heavy atom. The van der Waals surface area contributed by atoms with Gasteiger partial charge in [0, 0.05) is 53.0 Å². The first-order chi connectivity index (χ1) is 15.2. The molecule has 166 valence electrons. The number of fused-ring (bicyclic) bond motifs is 1. The number of hydrogen-bond acceptors (Lipinski definition) is 10. The molecular formula is C20H26N6O5. The SMILES string of the molecule is COCCCNc1ncnc(N2CCN(Cc3ccc4c(c3)OCO4)CC2)c1[N+](=O)[O-]. The summed E-state index contributed by atoms with van der Waals surface area (Å²) in [5.41, 5.74) is 1.07. The molecule has 1 aromatic heterocycles. The van der Waals surface area contributed by atoms with E-state index in [0.717, 1.165) is 43.1 Å². The van der Waals surface area contributed by atoms with Crippen molar-refractivity contribution in [3.8, 4) is 11.5 Å². The van der Waals surface area contributed by atoms with E-state index in [0.29, 0.717) is 32.1 Å². The fourth-order valence-corrected chi connectivity index (χ4v) is 3.74. The summed E-state index contributed by atoms with van der Waals surface area (Å²) in [6.45, 7) is 4.98. The van der Waals surface area contributed by atoms with Gasteiger partial charge < -0.3 is 24.4 Å². The van der Waals surface area contributed by atoms with Gasteiger partial charge in [-0.3, -0.25) is 15.0 Å². The number of hydrogen-bond donors (Lipinski definition) is 1. The van der Waals surface area contributed by atoms with E-state index in [1.54, 1.807) is 7.11 Å². The average Bonchev–Trinajstić information content (AvgIpc) is 3.25. The first kappa shape index (κ1) is 21.1. The van der Waals surface area contributed by atoms with E-state index >= 15 is 0 Å². The van der Waals surface area contributed by atoms with Gasteiger partial charge in [-0.2, -0.15) is 0 Å². The van der Waals surface area contributed by atoms with Crippen molar-refractivity contribution in [1.29, 1.82) is 0 Å². The number of nitrogens with zero attached hydrogens (tertiary/aromatic N) is 5. The Kier molecular flexibility index (Phi) is 6.63. The molecule has 2 aliphatic rings. The molecule has 11 heteroatoms. The third-order valence-corrected chi connectivity index (χ3v) is 5.32. The zero-order valence-electron chi connectivity index (χ0n) is 17.5. The molecule has 0 aliphatic carbocycles. The highest BCUT2D eigenvalue weighted by Crippen LogP contribution is 2.34. The molecule has 1 aromatic carbocycles. The minimum atomic E-state index is -0.410. The number of nitrogens with one attached hydrogen (secondary N) is 1. The van der Waals surface area contributed by atoms with Crippen LogP contribution < -0.4 is 19.7 Å². The highest BCUT2D eigenvalue weighted by Gasteiger charge is 2.29. The smallest absolute Gasteiger partial charge is 0.353 e. The molecule has 0 spiro atoms. The zero-order chi connectivity index (χ0) is 21.6. The summed E-state index contributed by atoms with van der Waals surface area (Å²) >= 11 is 0. The van der Waals surface area contributed by atoms with Crippen molar-refractivity contribution in [3.63, 3.8) is 0 Å². The zero-order valence-corrected chi connectivity index (χ0v) is 17.5. The lowest BCUT2D eigenvalue weighted by Gasteiger charge is -2.35. The van der Waals surface area contributed by atoms with Crippen LogP contribution in [0.3, 0.4) is 0 Å². The number of benzene rings is 1. The number of piperazine rings is 1.